The topological polar surface area (TPSA) is 37.9 Å². The van der Waals surface area contributed by atoms with Gasteiger partial charge in [-0.1, -0.05) is 24.3 Å². The first kappa shape index (κ1) is 16.3. The highest BCUT2D eigenvalue weighted by Crippen LogP contribution is 2.30. The molecule has 0 spiro atoms. The maximum Gasteiger partial charge on any atom is 0.290 e. The van der Waals surface area contributed by atoms with Crippen molar-refractivity contribution in [2.24, 2.45) is 0 Å². The fourth-order valence-corrected chi connectivity index (χ4v) is 3.57. The molecule has 0 fully saturated rings. The molecule has 0 aliphatic carbocycles. The molecule has 2 heterocycles. The molecule has 4 nitrogen and oxygen atoms in total. The number of aryl methyl sites for hydroxylation is 2. The first-order chi connectivity index (χ1) is 12.7. The lowest BCUT2D eigenvalue weighted by Crippen LogP contribution is -2.42. The van der Waals surface area contributed by atoms with E-state index in [1.54, 1.807) is 0 Å². The van der Waals surface area contributed by atoms with Crippen LogP contribution in [0.5, 0.6) is 0 Å². The second-order valence-electron chi connectivity index (χ2n) is 6.51. The molecule has 0 radical (unpaired) electrons. The predicted molar refractivity (Wildman–Crippen MR) is 105 cm³/mol. The normalized spacial score (nSPS) is 11.2. The number of amides is 1. The van der Waals surface area contributed by atoms with Gasteiger partial charge in [-0.25, -0.2) is 0 Å². The minimum atomic E-state index is -0.0251. The minimum Gasteiger partial charge on any atom is -0.341 e. The van der Waals surface area contributed by atoms with Gasteiger partial charge in [-0.05, 0) is 31.2 Å². The molecule has 26 heavy (non-hydrogen) atoms. The van der Waals surface area contributed by atoms with Crippen LogP contribution in [0.15, 0.2) is 66.9 Å². The molecule has 2 aromatic carbocycles. The summed E-state index contributed by atoms with van der Waals surface area (Å²) in [7, 11) is 0. The molecule has 4 rings (SSSR count). The fraction of sp³-hybridized carbons (Fsp3) is 0.182. The third-order valence-electron chi connectivity index (χ3n) is 4.85. The van der Waals surface area contributed by atoms with Crippen LogP contribution in [-0.4, -0.2) is 10.5 Å². The van der Waals surface area contributed by atoms with Crippen molar-refractivity contribution in [1.82, 2.24) is 4.57 Å². The number of nitrogens with zero attached hydrogens (tertiary/aromatic N) is 2. The third kappa shape index (κ3) is 2.84. The summed E-state index contributed by atoms with van der Waals surface area (Å²) in [6, 6.07) is 20.5. The lowest BCUT2D eigenvalue weighted by Gasteiger charge is -2.06. The lowest BCUT2D eigenvalue weighted by atomic mass is 10.1. The Morgan fingerprint density at radius 1 is 1.00 bits per heavy atom. The summed E-state index contributed by atoms with van der Waals surface area (Å²) in [5.74, 6) is -0.0251. The highest BCUT2D eigenvalue weighted by atomic mass is 16.1. The molecule has 1 N–H and O–H groups in total. The van der Waals surface area contributed by atoms with Crippen molar-refractivity contribution in [1.29, 1.82) is 0 Å². The van der Waals surface area contributed by atoms with Crippen LogP contribution < -0.4 is 9.88 Å². The number of pyridine rings is 1. The van der Waals surface area contributed by atoms with Crippen molar-refractivity contribution in [2.45, 2.75) is 26.9 Å². The summed E-state index contributed by atoms with van der Waals surface area (Å²) in [6.07, 6.45) is 1.92. The van der Waals surface area contributed by atoms with Gasteiger partial charge in [0.2, 0.25) is 6.54 Å². The molecular weight excluding hydrogens is 322 g/mol. The molecule has 4 heteroatoms. The van der Waals surface area contributed by atoms with Crippen LogP contribution in [0, 0.1) is 6.92 Å². The molecule has 0 saturated carbocycles. The lowest BCUT2D eigenvalue weighted by molar-refractivity contribution is -0.690. The van der Waals surface area contributed by atoms with Crippen molar-refractivity contribution in [3.63, 3.8) is 0 Å². The summed E-state index contributed by atoms with van der Waals surface area (Å²) >= 11 is 0. The van der Waals surface area contributed by atoms with Crippen molar-refractivity contribution in [3.05, 3.63) is 72.6 Å². The van der Waals surface area contributed by atoms with E-state index in [1.807, 2.05) is 42.0 Å². The predicted octanol–water partition coefficient (Wildman–Crippen LogP) is 4.05. The number of rotatable bonds is 4. The molecular formula is C22H22N3O+. The molecule has 0 atom stereocenters. The number of anilines is 1. The number of hydrogen-bond acceptors (Lipinski definition) is 1. The number of aromatic nitrogens is 2. The van der Waals surface area contributed by atoms with E-state index >= 15 is 0 Å². The van der Waals surface area contributed by atoms with E-state index in [0.717, 1.165) is 17.9 Å². The largest absolute Gasteiger partial charge is 0.341 e. The Balaban J connectivity index is 1.66. The first-order valence-corrected chi connectivity index (χ1v) is 8.93. The van der Waals surface area contributed by atoms with E-state index in [1.165, 1.54) is 21.8 Å². The van der Waals surface area contributed by atoms with Crippen LogP contribution in [0.1, 0.15) is 12.6 Å². The Hall–Kier alpha value is -3.14. The number of nitrogens with one attached hydrogen (secondary N) is 1. The van der Waals surface area contributed by atoms with Gasteiger partial charge >= 0.3 is 0 Å². The van der Waals surface area contributed by atoms with Crippen molar-refractivity contribution in [2.75, 3.05) is 5.32 Å². The van der Waals surface area contributed by atoms with Gasteiger partial charge in [-0.15, -0.1) is 0 Å². The molecule has 0 bridgehead atoms. The van der Waals surface area contributed by atoms with Crippen LogP contribution in [0.2, 0.25) is 0 Å². The molecule has 0 aliphatic heterocycles. The van der Waals surface area contributed by atoms with Gasteiger partial charge in [0, 0.05) is 53.1 Å². The minimum absolute atomic E-state index is 0.0251. The number of hydrogen-bond donors (Lipinski definition) is 1. The Kier molecular flexibility index (Phi) is 4.17. The summed E-state index contributed by atoms with van der Waals surface area (Å²) < 4.78 is 4.25. The standard InChI is InChI=1S/C22H21N3O/c1-3-25-20-10-5-4-9-18(20)19-14-17(11-12-21(19)25)23-22(26)15-24-13-7-6-8-16(24)2/h4-14H,3,15H2,1-2H3/p+1. The molecule has 0 unspecified atom stereocenters. The molecule has 4 aromatic rings. The number of carbonyl (C=O) groups is 1. The smallest absolute Gasteiger partial charge is 0.290 e. The van der Waals surface area contributed by atoms with Gasteiger partial charge in [-0.3, -0.25) is 4.79 Å². The Morgan fingerprint density at radius 2 is 1.77 bits per heavy atom. The second-order valence-corrected chi connectivity index (χ2v) is 6.51. The van der Waals surface area contributed by atoms with Crippen LogP contribution in [0.4, 0.5) is 5.69 Å². The van der Waals surface area contributed by atoms with Gasteiger partial charge in [-0.2, -0.15) is 4.57 Å². The molecule has 2 aromatic heterocycles. The van der Waals surface area contributed by atoms with E-state index in [-0.39, 0.29) is 5.91 Å². The van der Waals surface area contributed by atoms with E-state index in [9.17, 15) is 4.79 Å². The van der Waals surface area contributed by atoms with E-state index in [0.29, 0.717) is 6.54 Å². The Bertz CT molecular complexity index is 1110. The highest BCUT2D eigenvalue weighted by Gasteiger charge is 2.14. The van der Waals surface area contributed by atoms with Gasteiger partial charge < -0.3 is 9.88 Å². The van der Waals surface area contributed by atoms with Crippen LogP contribution in [0.3, 0.4) is 0 Å². The van der Waals surface area contributed by atoms with Gasteiger partial charge in [0.1, 0.15) is 0 Å². The molecule has 0 saturated heterocycles. The Labute approximate surface area is 152 Å². The number of benzene rings is 2. The van der Waals surface area contributed by atoms with Crippen molar-refractivity contribution < 1.29 is 9.36 Å². The Morgan fingerprint density at radius 3 is 2.58 bits per heavy atom. The zero-order chi connectivity index (χ0) is 18.1. The zero-order valence-electron chi connectivity index (χ0n) is 15.1. The van der Waals surface area contributed by atoms with Crippen LogP contribution >= 0.6 is 0 Å². The average Bonchev–Trinajstić information content (AvgIpc) is 2.97. The van der Waals surface area contributed by atoms with E-state index in [2.05, 4.69) is 53.2 Å². The molecule has 0 aliphatic rings. The maximum absolute atomic E-state index is 12.5. The summed E-state index contributed by atoms with van der Waals surface area (Å²) in [5.41, 5.74) is 4.31. The number of fused-ring (bicyclic) bond motifs is 3. The van der Waals surface area contributed by atoms with Gasteiger partial charge in [0.05, 0.1) is 0 Å². The summed E-state index contributed by atoms with van der Waals surface area (Å²) in [5, 5.41) is 5.42. The van der Waals surface area contributed by atoms with Gasteiger partial charge in [0.15, 0.2) is 11.9 Å². The molecule has 130 valence electrons. The van der Waals surface area contributed by atoms with Gasteiger partial charge in [0.25, 0.3) is 5.91 Å². The molecule has 1 amide bonds. The fourth-order valence-electron chi connectivity index (χ4n) is 3.57. The van der Waals surface area contributed by atoms with Crippen molar-refractivity contribution in [3.8, 4) is 0 Å². The highest BCUT2D eigenvalue weighted by molar-refractivity contribution is 6.09. The SMILES string of the molecule is CCn1c2ccccc2c2cc(NC(=O)C[n+]3ccccc3C)ccc21. The maximum atomic E-state index is 12.5. The van der Waals surface area contributed by atoms with Crippen LogP contribution in [-0.2, 0) is 17.9 Å². The van der Waals surface area contributed by atoms with Crippen molar-refractivity contribution >= 4 is 33.4 Å². The third-order valence-corrected chi connectivity index (χ3v) is 4.85. The number of para-hydroxylation sites is 1. The zero-order valence-corrected chi connectivity index (χ0v) is 15.1. The quantitative estimate of drug-likeness (QED) is 0.557. The first-order valence-electron chi connectivity index (χ1n) is 8.93. The summed E-state index contributed by atoms with van der Waals surface area (Å²) in [4.78, 5) is 12.5. The van der Waals surface area contributed by atoms with E-state index < -0.39 is 0 Å². The summed E-state index contributed by atoms with van der Waals surface area (Å²) in [6.45, 7) is 5.38. The van der Waals surface area contributed by atoms with Crippen LogP contribution in [0.25, 0.3) is 21.8 Å². The second kappa shape index (κ2) is 6.64. The number of carbonyl (C=O) groups excluding carboxylic acids is 1. The monoisotopic (exact) mass is 344 g/mol. The van der Waals surface area contributed by atoms with E-state index in [4.69, 9.17) is 0 Å². The average molecular weight is 344 g/mol.